The van der Waals surface area contributed by atoms with E-state index in [-0.39, 0.29) is 6.04 Å². The van der Waals surface area contributed by atoms with Gasteiger partial charge in [0, 0.05) is 17.8 Å². The maximum Gasteiger partial charge on any atom is 0.0574 e. The Morgan fingerprint density at radius 3 is 1.86 bits per heavy atom. The number of nitrogens with zero attached hydrogens (tertiary/aromatic N) is 1. The molecule has 0 bridgehead atoms. The number of hydrogen-bond acceptors (Lipinski definition) is 2. The van der Waals surface area contributed by atoms with Gasteiger partial charge in [0.15, 0.2) is 0 Å². The molecule has 0 amide bonds. The van der Waals surface area contributed by atoms with Gasteiger partial charge in [0.25, 0.3) is 0 Å². The van der Waals surface area contributed by atoms with Crippen LogP contribution in [0.4, 0.5) is 0 Å². The van der Waals surface area contributed by atoms with Crippen LogP contribution in [0, 0.1) is 0 Å². The molecule has 3 aromatic rings. The monoisotopic (exact) mass is 274 g/mol. The highest BCUT2D eigenvalue weighted by molar-refractivity contribution is 5.83. The minimum absolute atomic E-state index is 0.0720. The molecular formula is C19H18N2. The zero-order chi connectivity index (χ0) is 14.7. The lowest BCUT2D eigenvalue weighted by Gasteiger charge is -2.13. The summed E-state index contributed by atoms with van der Waals surface area (Å²) in [4.78, 5) is 4.52. The van der Waals surface area contributed by atoms with Gasteiger partial charge in [-0.2, -0.15) is 0 Å². The number of rotatable bonds is 3. The largest absolute Gasteiger partial charge is 0.323 e. The van der Waals surface area contributed by atoms with Crippen LogP contribution in [0.3, 0.4) is 0 Å². The van der Waals surface area contributed by atoms with Crippen molar-refractivity contribution < 1.29 is 0 Å². The molecule has 2 N–H and O–H groups in total. The van der Waals surface area contributed by atoms with E-state index in [9.17, 15) is 0 Å². The lowest BCUT2D eigenvalue weighted by Crippen LogP contribution is -2.07. The van der Waals surface area contributed by atoms with E-state index in [0.717, 1.165) is 11.3 Å². The Morgan fingerprint density at radius 1 is 0.810 bits per heavy atom. The Labute approximate surface area is 125 Å². The summed E-state index contributed by atoms with van der Waals surface area (Å²) in [7, 11) is 0. The minimum atomic E-state index is -0.0720. The maximum absolute atomic E-state index is 5.99. The van der Waals surface area contributed by atoms with Crippen molar-refractivity contribution >= 4 is 0 Å². The van der Waals surface area contributed by atoms with Crippen molar-refractivity contribution in [2.45, 2.75) is 13.0 Å². The fraction of sp³-hybridized carbons (Fsp3) is 0.105. The van der Waals surface area contributed by atoms with Crippen LogP contribution in [0.1, 0.15) is 18.7 Å². The second-order valence-corrected chi connectivity index (χ2v) is 5.18. The summed E-state index contributed by atoms with van der Waals surface area (Å²) in [5, 5.41) is 0. The van der Waals surface area contributed by atoms with Crippen LogP contribution in [-0.4, -0.2) is 4.98 Å². The highest BCUT2D eigenvalue weighted by Crippen LogP contribution is 2.32. The molecule has 0 aliphatic rings. The Hall–Kier alpha value is -2.45. The molecule has 1 aromatic heterocycles. The predicted octanol–water partition coefficient (Wildman–Crippen LogP) is 4.44. The van der Waals surface area contributed by atoms with Crippen LogP contribution in [0.2, 0.25) is 0 Å². The average molecular weight is 274 g/mol. The first-order valence-corrected chi connectivity index (χ1v) is 7.12. The van der Waals surface area contributed by atoms with Crippen LogP contribution in [-0.2, 0) is 0 Å². The summed E-state index contributed by atoms with van der Waals surface area (Å²) in [5.74, 6) is 0. The van der Waals surface area contributed by atoms with Crippen molar-refractivity contribution in [3.8, 4) is 22.3 Å². The van der Waals surface area contributed by atoms with Gasteiger partial charge in [0.05, 0.1) is 5.69 Å². The summed E-state index contributed by atoms with van der Waals surface area (Å²) in [5.41, 5.74) is 11.5. The molecule has 0 aliphatic carbocycles. The van der Waals surface area contributed by atoms with Gasteiger partial charge < -0.3 is 5.73 Å². The van der Waals surface area contributed by atoms with Crippen molar-refractivity contribution in [2.24, 2.45) is 5.73 Å². The third-order valence-corrected chi connectivity index (χ3v) is 3.56. The van der Waals surface area contributed by atoms with E-state index in [1.165, 1.54) is 16.7 Å². The Morgan fingerprint density at radius 2 is 1.33 bits per heavy atom. The van der Waals surface area contributed by atoms with Gasteiger partial charge in [0.1, 0.15) is 0 Å². The van der Waals surface area contributed by atoms with Crippen LogP contribution in [0.15, 0.2) is 72.9 Å². The van der Waals surface area contributed by atoms with Crippen molar-refractivity contribution in [1.82, 2.24) is 4.98 Å². The third-order valence-electron chi connectivity index (χ3n) is 3.56. The quantitative estimate of drug-likeness (QED) is 0.767. The molecule has 0 spiro atoms. The molecule has 0 saturated heterocycles. The maximum atomic E-state index is 5.99. The van der Waals surface area contributed by atoms with Crippen LogP contribution in [0.5, 0.6) is 0 Å². The summed E-state index contributed by atoms with van der Waals surface area (Å²) in [6, 6.07) is 22.7. The molecule has 2 aromatic carbocycles. The summed E-state index contributed by atoms with van der Waals surface area (Å²) in [6.45, 7) is 1.96. The second-order valence-electron chi connectivity index (χ2n) is 5.18. The molecule has 21 heavy (non-hydrogen) atoms. The molecule has 1 heterocycles. The zero-order valence-electron chi connectivity index (χ0n) is 12.0. The van der Waals surface area contributed by atoms with E-state index in [1.807, 2.05) is 37.4 Å². The fourth-order valence-corrected chi connectivity index (χ4v) is 2.42. The average Bonchev–Trinajstić information content (AvgIpc) is 2.56. The van der Waals surface area contributed by atoms with E-state index in [4.69, 9.17) is 5.73 Å². The van der Waals surface area contributed by atoms with Gasteiger partial charge >= 0.3 is 0 Å². The minimum Gasteiger partial charge on any atom is -0.323 e. The van der Waals surface area contributed by atoms with Gasteiger partial charge in [-0.25, -0.2) is 0 Å². The summed E-state index contributed by atoms with van der Waals surface area (Å²) >= 11 is 0. The molecule has 104 valence electrons. The number of aromatic nitrogens is 1. The highest BCUT2D eigenvalue weighted by Gasteiger charge is 2.11. The van der Waals surface area contributed by atoms with E-state index in [1.54, 1.807) is 0 Å². The first-order valence-electron chi connectivity index (χ1n) is 7.12. The van der Waals surface area contributed by atoms with Crippen molar-refractivity contribution in [1.29, 1.82) is 0 Å². The third kappa shape index (κ3) is 2.86. The molecule has 2 heteroatoms. The fourth-order valence-electron chi connectivity index (χ4n) is 2.42. The Bertz CT molecular complexity index is 719. The number of nitrogens with two attached hydrogens (primary N) is 1. The van der Waals surface area contributed by atoms with Crippen LogP contribution < -0.4 is 5.73 Å². The Kier molecular flexibility index (Phi) is 3.80. The van der Waals surface area contributed by atoms with Crippen molar-refractivity contribution in [3.05, 3.63) is 78.6 Å². The molecule has 0 radical (unpaired) electrons. The van der Waals surface area contributed by atoms with Crippen molar-refractivity contribution in [3.63, 3.8) is 0 Å². The second kappa shape index (κ2) is 5.90. The van der Waals surface area contributed by atoms with Gasteiger partial charge in [-0.3, -0.25) is 4.98 Å². The summed E-state index contributed by atoms with van der Waals surface area (Å²) in [6.07, 6.45) is 1.93. The van der Waals surface area contributed by atoms with E-state index in [2.05, 4.69) is 47.4 Å². The van der Waals surface area contributed by atoms with Crippen LogP contribution in [0.25, 0.3) is 22.3 Å². The lowest BCUT2D eigenvalue weighted by molar-refractivity contribution is 0.782. The zero-order valence-corrected chi connectivity index (χ0v) is 12.0. The summed E-state index contributed by atoms with van der Waals surface area (Å²) < 4.78 is 0. The molecule has 3 rings (SSSR count). The van der Waals surface area contributed by atoms with E-state index >= 15 is 0 Å². The van der Waals surface area contributed by atoms with Gasteiger partial charge in [-0.1, -0.05) is 60.7 Å². The smallest absolute Gasteiger partial charge is 0.0574 e. The van der Waals surface area contributed by atoms with Crippen LogP contribution >= 0.6 is 0 Å². The molecular weight excluding hydrogens is 256 g/mol. The molecule has 0 fully saturated rings. The normalized spacial score (nSPS) is 12.1. The first-order chi connectivity index (χ1) is 10.3. The van der Waals surface area contributed by atoms with Gasteiger partial charge in [0.2, 0.25) is 0 Å². The molecule has 1 atom stereocenters. The predicted molar refractivity (Wildman–Crippen MR) is 87.7 cm³/mol. The van der Waals surface area contributed by atoms with Gasteiger partial charge in [-0.15, -0.1) is 0 Å². The number of hydrogen-bond donors (Lipinski definition) is 1. The lowest BCUT2D eigenvalue weighted by atomic mass is 9.95. The van der Waals surface area contributed by atoms with Gasteiger partial charge in [-0.05, 0) is 29.7 Å². The molecule has 0 aliphatic heterocycles. The molecule has 0 saturated carbocycles. The van der Waals surface area contributed by atoms with Crippen molar-refractivity contribution in [2.75, 3.05) is 0 Å². The number of benzene rings is 2. The standard InChI is InChI=1S/C19H18N2/c1-14(20)19-12-17(15-8-4-2-5-9-15)18(13-21-19)16-10-6-3-7-11-16/h2-14H,20H2,1H3. The molecule has 2 nitrogen and oxygen atoms in total. The number of pyridine rings is 1. The molecule has 1 unspecified atom stereocenters. The SMILES string of the molecule is CC(N)c1cc(-c2ccccc2)c(-c2ccccc2)cn1. The van der Waals surface area contributed by atoms with E-state index in [0.29, 0.717) is 0 Å². The highest BCUT2D eigenvalue weighted by atomic mass is 14.8. The Balaban J connectivity index is 2.21. The first kappa shape index (κ1) is 13.5. The topological polar surface area (TPSA) is 38.9 Å². The van der Waals surface area contributed by atoms with E-state index < -0.39 is 0 Å².